The molecule has 0 saturated carbocycles. The lowest BCUT2D eigenvalue weighted by Crippen LogP contribution is -2.36. The fourth-order valence-electron chi connectivity index (χ4n) is 2.70. The number of hydrogen-bond acceptors (Lipinski definition) is 4. The minimum Gasteiger partial charge on any atom is -0.486 e. The van der Waals surface area contributed by atoms with Crippen LogP contribution in [0.5, 0.6) is 11.5 Å². The van der Waals surface area contributed by atoms with Gasteiger partial charge in [-0.15, -0.1) is 0 Å². The van der Waals surface area contributed by atoms with Gasteiger partial charge in [0.05, 0.1) is 5.56 Å². The first-order valence-electron chi connectivity index (χ1n) is 8.39. The van der Waals surface area contributed by atoms with Crippen molar-refractivity contribution in [3.05, 3.63) is 48.0 Å². The van der Waals surface area contributed by atoms with Gasteiger partial charge in [-0.25, -0.2) is 0 Å². The number of hydrogen-bond donors (Lipinski definition) is 1. The van der Waals surface area contributed by atoms with Crippen molar-refractivity contribution in [3.63, 3.8) is 0 Å². The molecular formula is C19H17F3N2O4. The number of nitrogens with zero attached hydrogens (tertiary/aromatic N) is 1. The lowest BCUT2D eigenvalue weighted by Gasteiger charge is -2.22. The van der Waals surface area contributed by atoms with E-state index in [9.17, 15) is 22.8 Å². The number of rotatable bonds is 4. The third-order valence-electron chi connectivity index (χ3n) is 3.99. The predicted molar refractivity (Wildman–Crippen MR) is 95.5 cm³/mol. The maximum atomic E-state index is 12.9. The third kappa shape index (κ3) is 4.54. The Kier molecular flexibility index (Phi) is 5.43. The second-order valence-electron chi connectivity index (χ2n) is 6.06. The van der Waals surface area contributed by atoms with Gasteiger partial charge in [0.1, 0.15) is 19.8 Å². The molecule has 2 aromatic rings. The number of carbonyl (C=O) groups is 2. The standard InChI is InChI=1S/C19H17F3N2O4/c1-12(25)24(15-4-2-3-13(9-15)19(20,21)22)11-18(26)23-14-5-6-16-17(10-14)28-8-7-27-16/h2-6,9-10H,7-8,11H2,1H3,(H,23,26). The monoisotopic (exact) mass is 394 g/mol. The maximum Gasteiger partial charge on any atom is 0.416 e. The number of benzene rings is 2. The van der Waals surface area contributed by atoms with Gasteiger partial charge in [-0.3, -0.25) is 9.59 Å². The predicted octanol–water partition coefficient (Wildman–Crippen LogP) is 3.47. The molecule has 0 atom stereocenters. The van der Waals surface area contributed by atoms with E-state index in [1.54, 1.807) is 18.2 Å². The molecule has 1 heterocycles. The molecule has 0 unspecified atom stereocenters. The summed E-state index contributed by atoms with van der Waals surface area (Å²) in [5.41, 5.74) is -0.495. The Bertz CT molecular complexity index is 899. The van der Waals surface area contributed by atoms with E-state index in [2.05, 4.69) is 5.32 Å². The second-order valence-corrected chi connectivity index (χ2v) is 6.06. The average Bonchev–Trinajstić information content (AvgIpc) is 2.65. The van der Waals surface area contributed by atoms with Crippen molar-refractivity contribution in [1.82, 2.24) is 0 Å². The minimum absolute atomic E-state index is 0.0142. The van der Waals surface area contributed by atoms with E-state index in [1.807, 2.05) is 0 Å². The Labute approximate surface area is 158 Å². The van der Waals surface area contributed by atoms with Crippen LogP contribution < -0.4 is 19.7 Å². The number of fused-ring (bicyclic) bond motifs is 1. The Hall–Kier alpha value is -3.23. The summed E-state index contributed by atoms with van der Waals surface area (Å²) in [6, 6.07) is 9.08. The van der Waals surface area contributed by atoms with Crippen molar-refractivity contribution in [2.45, 2.75) is 13.1 Å². The van der Waals surface area contributed by atoms with Gasteiger partial charge in [0.15, 0.2) is 11.5 Å². The zero-order valence-electron chi connectivity index (χ0n) is 14.9. The summed E-state index contributed by atoms with van der Waals surface area (Å²) in [6.07, 6.45) is -4.55. The topological polar surface area (TPSA) is 67.9 Å². The summed E-state index contributed by atoms with van der Waals surface area (Å²) in [6.45, 7) is 1.56. The zero-order valence-corrected chi connectivity index (χ0v) is 14.9. The Morgan fingerprint density at radius 3 is 2.46 bits per heavy atom. The van der Waals surface area contributed by atoms with Crippen LogP contribution >= 0.6 is 0 Å². The van der Waals surface area contributed by atoms with Gasteiger partial charge in [-0.2, -0.15) is 13.2 Å². The van der Waals surface area contributed by atoms with Crippen LogP contribution in [-0.2, 0) is 15.8 Å². The molecule has 0 aliphatic carbocycles. The molecule has 9 heteroatoms. The number of amides is 2. The Balaban J connectivity index is 1.74. The van der Waals surface area contributed by atoms with Crippen LogP contribution in [0, 0.1) is 0 Å². The quantitative estimate of drug-likeness (QED) is 0.862. The molecule has 2 amide bonds. The molecule has 148 valence electrons. The van der Waals surface area contributed by atoms with Crippen molar-refractivity contribution in [3.8, 4) is 11.5 Å². The summed E-state index contributed by atoms with van der Waals surface area (Å²) in [7, 11) is 0. The molecule has 0 bridgehead atoms. The van der Waals surface area contributed by atoms with Crippen molar-refractivity contribution in [2.24, 2.45) is 0 Å². The highest BCUT2D eigenvalue weighted by Crippen LogP contribution is 2.33. The van der Waals surface area contributed by atoms with Gasteiger partial charge >= 0.3 is 6.18 Å². The van der Waals surface area contributed by atoms with Crippen molar-refractivity contribution < 1.29 is 32.2 Å². The molecular weight excluding hydrogens is 377 g/mol. The SMILES string of the molecule is CC(=O)N(CC(=O)Nc1ccc2c(c1)OCCO2)c1cccc(C(F)(F)F)c1. The van der Waals surface area contributed by atoms with Crippen LogP contribution in [-0.4, -0.2) is 31.6 Å². The van der Waals surface area contributed by atoms with Crippen LogP contribution in [0.25, 0.3) is 0 Å². The molecule has 0 fully saturated rings. The molecule has 2 aromatic carbocycles. The molecule has 3 rings (SSSR count). The van der Waals surface area contributed by atoms with E-state index < -0.39 is 30.1 Å². The minimum atomic E-state index is -4.55. The Morgan fingerprint density at radius 1 is 1.07 bits per heavy atom. The summed E-state index contributed by atoms with van der Waals surface area (Å²) < 4.78 is 49.6. The van der Waals surface area contributed by atoms with E-state index in [0.29, 0.717) is 30.4 Å². The van der Waals surface area contributed by atoms with Crippen molar-refractivity contribution >= 4 is 23.2 Å². The summed E-state index contributed by atoms with van der Waals surface area (Å²) >= 11 is 0. The highest BCUT2D eigenvalue weighted by Gasteiger charge is 2.31. The maximum absolute atomic E-state index is 12.9. The van der Waals surface area contributed by atoms with E-state index in [-0.39, 0.29) is 5.69 Å². The van der Waals surface area contributed by atoms with Crippen molar-refractivity contribution in [1.29, 1.82) is 0 Å². The first-order chi connectivity index (χ1) is 13.2. The van der Waals surface area contributed by atoms with Crippen LogP contribution in [0.15, 0.2) is 42.5 Å². The zero-order chi connectivity index (χ0) is 20.3. The fourth-order valence-corrected chi connectivity index (χ4v) is 2.70. The van der Waals surface area contributed by atoms with Crippen LogP contribution in [0.1, 0.15) is 12.5 Å². The van der Waals surface area contributed by atoms with Crippen molar-refractivity contribution in [2.75, 3.05) is 30.0 Å². The second kappa shape index (κ2) is 7.79. The van der Waals surface area contributed by atoms with Gasteiger partial charge in [-0.1, -0.05) is 6.07 Å². The van der Waals surface area contributed by atoms with E-state index in [0.717, 1.165) is 17.0 Å². The molecule has 1 aliphatic heterocycles. The molecule has 1 N–H and O–H groups in total. The van der Waals surface area contributed by atoms with Gasteiger partial charge < -0.3 is 19.7 Å². The first kappa shape index (κ1) is 19.5. The first-order valence-corrected chi connectivity index (χ1v) is 8.39. The fraction of sp³-hybridized carbons (Fsp3) is 0.263. The van der Waals surface area contributed by atoms with Gasteiger partial charge in [-0.05, 0) is 30.3 Å². The van der Waals surface area contributed by atoms with Crippen LogP contribution in [0.4, 0.5) is 24.5 Å². The lowest BCUT2D eigenvalue weighted by atomic mass is 10.1. The highest BCUT2D eigenvalue weighted by atomic mass is 19.4. The van der Waals surface area contributed by atoms with E-state index in [4.69, 9.17) is 9.47 Å². The number of ether oxygens (including phenoxy) is 2. The summed E-state index contributed by atoms with van der Waals surface area (Å²) in [5, 5.41) is 2.60. The van der Waals surface area contributed by atoms with E-state index >= 15 is 0 Å². The molecule has 0 radical (unpaired) electrons. The average molecular weight is 394 g/mol. The number of halogens is 3. The number of anilines is 2. The van der Waals surface area contributed by atoms with Crippen LogP contribution in [0.2, 0.25) is 0 Å². The molecule has 28 heavy (non-hydrogen) atoms. The van der Waals surface area contributed by atoms with E-state index in [1.165, 1.54) is 19.1 Å². The number of nitrogens with one attached hydrogen (secondary N) is 1. The smallest absolute Gasteiger partial charge is 0.416 e. The van der Waals surface area contributed by atoms with Gasteiger partial charge in [0, 0.05) is 24.4 Å². The molecule has 1 aliphatic rings. The molecule has 0 saturated heterocycles. The molecule has 6 nitrogen and oxygen atoms in total. The lowest BCUT2D eigenvalue weighted by molar-refractivity contribution is -0.137. The van der Waals surface area contributed by atoms with Gasteiger partial charge in [0.2, 0.25) is 11.8 Å². The largest absolute Gasteiger partial charge is 0.486 e. The Morgan fingerprint density at radius 2 is 1.79 bits per heavy atom. The molecule has 0 spiro atoms. The summed E-state index contributed by atoms with van der Waals surface area (Å²) in [4.78, 5) is 25.2. The normalized spacial score (nSPS) is 13.0. The summed E-state index contributed by atoms with van der Waals surface area (Å²) in [5.74, 6) is -0.0927. The van der Waals surface area contributed by atoms with Gasteiger partial charge in [0.25, 0.3) is 0 Å². The highest BCUT2D eigenvalue weighted by molar-refractivity contribution is 6.02. The number of alkyl halides is 3. The molecule has 0 aromatic heterocycles. The number of carbonyl (C=O) groups excluding carboxylic acids is 2. The van der Waals surface area contributed by atoms with Crippen LogP contribution in [0.3, 0.4) is 0 Å². The third-order valence-corrected chi connectivity index (χ3v) is 3.99.